The first-order valence-corrected chi connectivity index (χ1v) is 7.07. The molecule has 1 aromatic heterocycles. The van der Waals surface area contributed by atoms with Gasteiger partial charge in [0, 0.05) is 10.4 Å². The summed E-state index contributed by atoms with van der Waals surface area (Å²) in [5.74, 6) is -2.69. The molecule has 0 bridgehead atoms. The Morgan fingerprint density at radius 2 is 2.14 bits per heavy atom. The van der Waals surface area contributed by atoms with Gasteiger partial charge in [-0.05, 0) is 25.1 Å². The second-order valence-electron chi connectivity index (χ2n) is 5.30. The third-order valence-electron chi connectivity index (χ3n) is 3.48. The van der Waals surface area contributed by atoms with Gasteiger partial charge >= 0.3 is 0 Å². The smallest absolute Gasteiger partial charge is 0.282 e. The first-order valence-electron chi connectivity index (χ1n) is 6.69. The van der Waals surface area contributed by atoms with Crippen LogP contribution in [0.25, 0.3) is 10.9 Å². The van der Waals surface area contributed by atoms with Gasteiger partial charge in [0.1, 0.15) is 18.2 Å². The Labute approximate surface area is 130 Å². The Morgan fingerprint density at radius 3 is 2.82 bits per heavy atom. The van der Waals surface area contributed by atoms with Crippen LogP contribution < -0.4 is 5.32 Å². The van der Waals surface area contributed by atoms with Crippen molar-refractivity contribution in [2.75, 3.05) is 18.4 Å². The van der Waals surface area contributed by atoms with E-state index in [4.69, 9.17) is 11.6 Å². The van der Waals surface area contributed by atoms with E-state index in [0.717, 1.165) is 4.90 Å². The lowest BCUT2D eigenvalue weighted by Gasteiger charge is -2.40. The van der Waals surface area contributed by atoms with E-state index in [1.54, 1.807) is 25.1 Å². The van der Waals surface area contributed by atoms with Crippen molar-refractivity contribution in [1.29, 1.82) is 0 Å². The summed E-state index contributed by atoms with van der Waals surface area (Å²) in [4.78, 5) is 21.4. The predicted octanol–water partition coefficient (Wildman–Crippen LogP) is 2.56. The Kier molecular flexibility index (Phi) is 3.60. The summed E-state index contributed by atoms with van der Waals surface area (Å²) in [5, 5.41) is 4.20. The number of nitrogens with one attached hydrogen (secondary N) is 1. The number of hydrogen-bond donors (Lipinski definition) is 1. The lowest BCUT2D eigenvalue weighted by Crippen LogP contribution is -2.61. The van der Waals surface area contributed by atoms with Gasteiger partial charge in [0.05, 0.1) is 18.6 Å². The molecule has 0 spiro atoms. The van der Waals surface area contributed by atoms with Gasteiger partial charge in [-0.1, -0.05) is 11.6 Å². The standard InChI is InChI=1S/C14H13ClF2N4O/c1-8(13(22)21-5-14(16,17)6-21)20-12-10-3-2-9(15)4-11(10)18-7-19-12/h2-4,7-8H,5-6H2,1H3,(H,18,19,20)/t8-/m1/s1. The van der Waals surface area contributed by atoms with Crippen LogP contribution in [0, 0.1) is 0 Å². The average molecular weight is 327 g/mol. The SMILES string of the molecule is C[C@@H](Nc1ncnc2cc(Cl)ccc12)C(=O)N1CC(F)(F)C1. The van der Waals surface area contributed by atoms with E-state index in [2.05, 4.69) is 15.3 Å². The van der Waals surface area contributed by atoms with Crippen LogP contribution in [0.4, 0.5) is 14.6 Å². The molecule has 1 aliphatic heterocycles. The summed E-state index contributed by atoms with van der Waals surface area (Å²) in [6, 6.07) is 4.46. The fourth-order valence-corrected chi connectivity index (χ4v) is 2.52. The number of amides is 1. The Bertz CT molecular complexity index is 732. The zero-order chi connectivity index (χ0) is 15.9. The van der Waals surface area contributed by atoms with E-state index in [-0.39, 0.29) is 5.91 Å². The molecule has 3 rings (SSSR count). The Hall–Kier alpha value is -2.02. The fourth-order valence-electron chi connectivity index (χ4n) is 2.35. The highest BCUT2D eigenvalue weighted by Gasteiger charge is 2.47. The summed E-state index contributed by atoms with van der Waals surface area (Å²) >= 11 is 5.91. The van der Waals surface area contributed by atoms with Crippen molar-refractivity contribution in [2.45, 2.75) is 18.9 Å². The molecule has 116 valence electrons. The van der Waals surface area contributed by atoms with E-state index in [9.17, 15) is 13.6 Å². The topological polar surface area (TPSA) is 58.1 Å². The highest BCUT2D eigenvalue weighted by molar-refractivity contribution is 6.31. The molecule has 5 nitrogen and oxygen atoms in total. The molecule has 0 saturated carbocycles. The molecule has 1 aliphatic rings. The lowest BCUT2D eigenvalue weighted by molar-refractivity contribution is -0.166. The first kappa shape index (κ1) is 14.9. The third kappa shape index (κ3) is 2.81. The molecule has 1 amide bonds. The number of halogens is 3. The molecule has 1 atom stereocenters. The zero-order valence-electron chi connectivity index (χ0n) is 11.7. The van der Waals surface area contributed by atoms with Gasteiger partial charge in [-0.25, -0.2) is 18.7 Å². The minimum atomic E-state index is -2.77. The van der Waals surface area contributed by atoms with Crippen LogP contribution in [0.1, 0.15) is 6.92 Å². The fraction of sp³-hybridized carbons (Fsp3) is 0.357. The molecule has 2 heterocycles. The number of carbonyl (C=O) groups excluding carboxylic acids is 1. The summed E-state index contributed by atoms with van der Waals surface area (Å²) in [6.07, 6.45) is 1.36. The Balaban J connectivity index is 1.77. The van der Waals surface area contributed by atoms with Crippen molar-refractivity contribution in [1.82, 2.24) is 14.9 Å². The van der Waals surface area contributed by atoms with Gasteiger partial charge < -0.3 is 10.2 Å². The first-order chi connectivity index (χ1) is 10.4. The zero-order valence-corrected chi connectivity index (χ0v) is 12.4. The normalized spacial score (nSPS) is 17.9. The maximum atomic E-state index is 12.8. The van der Waals surface area contributed by atoms with Gasteiger partial charge in [-0.3, -0.25) is 4.79 Å². The van der Waals surface area contributed by atoms with Gasteiger partial charge in [0.25, 0.3) is 5.92 Å². The van der Waals surface area contributed by atoms with E-state index in [0.29, 0.717) is 21.7 Å². The van der Waals surface area contributed by atoms with Crippen LogP contribution in [-0.4, -0.2) is 45.8 Å². The van der Waals surface area contributed by atoms with Crippen molar-refractivity contribution in [3.05, 3.63) is 29.5 Å². The van der Waals surface area contributed by atoms with E-state index in [1.165, 1.54) is 6.33 Å². The van der Waals surface area contributed by atoms with Crippen molar-refractivity contribution in [3.63, 3.8) is 0 Å². The number of aromatic nitrogens is 2. The number of alkyl halides is 2. The lowest BCUT2D eigenvalue weighted by atomic mass is 10.1. The van der Waals surface area contributed by atoms with Crippen LogP contribution in [0.2, 0.25) is 5.02 Å². The molecule has 1 N–H and O–H groups in total. The minimum Gasteiger partial charge on any atom is -0.358 e. The molecule has 1 aromatic carbocycles. The second kappa shape index (κ2) is 5.31. The summed E-state index contributed by atoms with van der Waals surface area (Å²) in [7, 11) is 0. The van der Waals surface area contributed by atoms with E-state index in [1.807, 2.05) is 0 Å². The van der Waals surface area contributed by atoms with Crippen LogP contribution in [0.5, 0.6) is 0 Å². The molecule has 1 fully saturated rings. The molecular weight excluding hydrogens is 314 g/mol. The maximum absolute atomic E-state index is 12.8. The second-order valence-corrected chi connectivity index (χ2v) is 5.74. The quantitative estimate of drug-likeness (QED) is 0.942. The van der Waals surface area contributed by atoms with Gasteiger partial charge in [0.2, 0.25) is 5.91 Å². The van der Waals surface area contributed by atoms with Gasteiger partial charge in [-0.15, -0.1) is 0 Å². The number of rotatable bonds is 3. The molecular formula is C14H13ClF2N4O. The van der Waals surface area contributed by atoms with Crippen LogP contribution in [-0.2, 0) is 4.79 Å². The summed E-state index contributed by atoms with van der Waals surface area (Å²) in [6.45, 7) is 0.554. The number of fused-ring (bicyclic) bond motifs is 1. The molecule has 2 aromatic rings. The van der Waals surface area contributed by atoms with Crippen molar-refractivity contribution >= 4 is 34.2 Å². The molecule has 0 unspecified atom stereocenters. The number of likely N-dealkylation sites (tertiary alicyclic amines) is 1. The molecule has 0 aliphatic carbocycles. The third-order valence-corrected chi connectivity index (χ3v) is 3.71. The van der Waals surface area contributed by atoms with Crippen molar-refractivity contribution < 1.29 is 13.6 Å². The van der Waals surface area contributed by atoms with Gasteiger partial charge in [0.15, 0.2) is 0 Å². The van der Waals surface area contributed by atoms with E-state index < -0.39 is 25.1 Å². The number of nitrogens with zero attached hydrogens (tertiary/aromatic N) is 3. The highest BCUT2D eigenvalue weighted by atomic mass is 35.5. The predicted molar refractivity (Wildman–Crippen MR) is 79.2 cm³/mol. The largest absolute Gasteiger partial charge is 0.358 e. The average Bonchev–Trinajstić information content (AvgIpc) is 2.43. The summed E-state index contributed by atoms with van der Waals surface area (Å²) < 4.78 is 25.7. The minimum absolute atomic E-state index is 0.383. The van der Waals surface area contributed by atoms with Crippen molar-refractivity contribution in [3.8, 4) is 0 Å². The number of hydrogen-bond acceptors (Lipinski definition) is 4. The van der Waals surface area contributed by atoms with Crippen LogP contribution in [0.3, 0.4) is 0 Å². The van der Waals surface area contributed by atoms with Crippen LogP contribution in [0.15, 0.2) is 24.5 Å². The molecule has 1 saturated heterocycles. The molecule has 0 radical (unpaired) electrons. The monoisotopic (exact) mass is 326 g/mol. The van der Waals surface area contributed by atoms with Gasteiger partial charge in [-0.2, -0.15) is 0 Å². The number of benzene rings is 1. The summed E-state index contributed by atoms with van der Waals surface area (Å²) in [5.41, 5.74) is 0.639. The molecule has 8 heteroatoms. The number of anilines is 1. The maximum Gasteiger partial charge on any atom is 0.282 e. The highest BCUT2D eigenvalue weighted by Crippen LogP contribution is 2.28. The van der Waals surface area contributed by atoms with E-state index >= 15 is 0 Å². The number of carbonyl (C=O) groups is 1. The van der Waals surface area contributed by atoms with Crippen LogP contribution >= 0.6 is 11.6 Å². The van der Waals surface area contributed by atoms with Crippen molar-refractivity contribution in [2.24, 2.45) is 0 Å². The molecule has 22 heavy (non-hydrogen) atoms. The Morgan fingerprint density at radius 1 is 1.41 bits per heavy atom.